The Morgan fingerprint density at radius 1 is 1.10 bits per heavy atom. The van der Waals surface area contributed by atoms with Crippen LogP contribution in [0.4, 0.5) is 18.9 Å². The fraction of sp³-hybridized carbons (Fsp3) is 0.286. The third-order valence-corrected chi connectivity index (χ3v) is 6.42. The smallest absolute Gasteiger partial charge is 0.406 e. The Bertz CT molecular complexity index is 1020. The van der Waals surface area contributed by atoms with Crippen molar-refractivity contribution >= 4 is 21.6 Å². The molecule has 1 N–H and O–H groups in total. The van der Waals surface area contributed by atoms with Gasteiger partial charge in [0.25, 0.3) is 0 Å². The van der Waals surface area contributed by atoms with E-state index in [0.717, 1.165) is 23.1 Å². The third-order valence-electron chi connectivity index (χ3n) is 4.98. The van der Waals surface area contributed by atoms with Crippen LogP contribution in [0.25, 0.3) is 0 Å². The SMILES string of the molecule is C=CS(=O)(=O)N1C[C@@H](C(=O)Nc2ccc(OC(F)(F)F)cc2)C[C@@H](c2ccccc2)C1. The van der Waals surface area contributed by atoms with Gasteiger partial charge in [-0.05, 0) is 42.2 Å². The van der Waals surface area contributed by atoms with Crippen molar-refractivity contribution in [1.82, 2.24) is 4.31 Å². The van der Waals surface area contributed by atoms with Gasteiger partial charge >= 0.3 is 6.36 Å². The molecule has 0 spiro atoms. The molecule has 0 aliphatic carbocycles. The Labute approximate surface area is 178 Å². The molecule has 2 aromatic carbocycles. The number of sulfonamides is 1. The number of ether oxygens (including phenoxy) is 1. The highest BCUT2D eigenvalue weighted by Gasteiger charge is 2.36. The maximum atomic E-state index is 12.8. The van der Waals surface area contributed by atoms with Gasteiger partial charge in [-0.1, -0.05) is 36.9 Å². The fourth-order valence-electron chi connectivity index (χ4n) is 3.51. The molecule has 1 heterocycles. The summed E-state index contributed by atoms with van der Waals surface area (Å²) in [4.78, 5) is 12.8. The van der Waals surface area contributed by atoms with Gasteiger partial charge < -0.3 is 10.1 Å². The Balaban J connectivity index is 1.76. The number of benzene rings is 2. The molecule has 2 aromatic rings. The van der Waals surface area contributed by atoms with Gasteiger partial charge in [0, 0.05) is 24.2 Å². The highest BCUT2D eigenvalue weighted by atomic mass is 32.2. The molecule has 1 aliphatic rings. The summed E-state index contributed by atoms with van der Waals surface area (Å²) in [5.41, 5.74) is 1.19. The number of nitrogens with zero attached hydrogens (tertiary/aromatic N) is 1. The van der Waals surface area contributed by atoms with Crippen molar-refractivity contribution in [2.45, 2.75) is 18.7 Å². The number of nitrogens with one attached hydrogen (secondary N) is 1. The van der Waals surface area contributed by atoms with E-state index in [1.165, 1.54) is 16.4 Å². The standard InChI is InChI=1S/C21H21F3N2O4S/c1-2-31(28,29)26-13-16(15-6-4-3-5-7-15)12-17(14-26)20(27)25-18-8-10-19(11-9-18)30-21(22,23)24/h2-11,16-17H,1,12-14H2,(H,25,27)/t16-,17+/m1/s1. The number of carbonyl (C=O) groups excluding carboxylic acids is 1. The van der Waals surface area contributed by atoms with Crippen LogP contribution in [0.3, 0.4) is 0 Å². The Kier molecular flexibility index (Phi) is 6.71. The molecule has 0 aromatic heterocycles. The van der Waals surface area contributed by atoms with Gasteiger partial charge in [-0.2, -0.15) is 4.31 Å². The van der Waals surface area contributed by atoms with Crippen molar-refractivity contribution < 1.29 is 31.1 Å². The summed E-state index contributed by atoms with van der Waals surface area (Å²) < 4.78 is 66.6. The van der Waals surface area contributed by atoms with Gasteiger partial charge in [0.05, 0.1) is 5.92 Å². The summed E-state index contributed by atoms with van der Waals surface area (Å²) in [6.45, 7) is 3.57. The number of carbonyl (C=O) groups is 1. The van der Waals surface area contributed by atoms with Crippen molar-refractivity contribution in [3.8, 4) is 5.75 Å². The van der Waals surface area contributed by atoms with E-state index < -0.39 is 34.0 Å². The van der Waals surface area contributed by atoms with Crippen LogP contribution >= 0.6 is 0 Å². The molecule has 10 heteroatoms. The lowest BCUT2D eigenvalue weighted by atomic mass is 9.85. The number of alkyl halides is 3. The molecular weight excluding hydrogens is 433 g/mol. The lowest BCUT2D eigenvalue weighted by Gasteiger charge is -2.36. The summed E-state index contributed by atoms with van der Waals surface area (Å²) in [5.74, 6) is -1.67. The molecule has 3 rings (SSSR count). The number of piperidine rings is 1. The molecule has 1 aliphatic heterocycles. The molecular formula is C21H21F3N2O4S. The van der Waals surface area contributed by atoms with Gasteiger partial charge in [-0.3, -0.25) is 4.79 Å². The van der Waals surface area contributed by atoms with E-state index in [9.17, 15) is 26.4 Å². The maximum absolute atomic E-state index is 12.8. The number of halogens is 3. The van der Waals surface area contributed by atoms with Crippen LogP contribution in [0.2, 0.25) is 0 Å². The van der Waals surface area contributed by atoms with Crippen LogP contribution in [0.1, 0.15) is 17.9 Å². The predicted molar refractivity (Wildman–Crippen MR) is 110 cm³/mol. The molecule has 1 saturated heterocycles. The topological polar surface area (TPSA) is 75.7 Å². The van der Waals surface area contributed by atoms with E-state index in [2.05, 4.69) is 16.6 Å². The van der Waals surface area contributed by atoms with Gasteiger partial charge in [-0.15, -0.1) is 13.2 Å². The summed E-state index contributed by atoms with van der Waals surface area (Å²) in [7, 11) is -3.73. The second-order valence-corrected chi connectivity index (χ2v) is 9.01. The van der Waals surface area contributed by atoms with Crippen LogP contribution in [0, 0.1) is 5.92 Å². The summed E-state index contributed by atoms with van der Waals surface area (Å²) in [6.07, 6.45) is -4.38. The zero-order valence-corrected chi connectivity index (χ0v) is 17.2. The molecule has 0 unspecified atom stereocenters. The highest BCUT2D eigenvalue weighted by Crippen LogP contribution is 2.33. The molecule has 0 bridgehead atoms. The van der Waals surface area contributed by atoms with E-state index in [4.69, 9.17) is 0 Å². The highest BCUT2D eigenvalue weighted by molar-refractivity contribution is 7.92. The zero-order chi connectivity index (χ0) is 22.6. The first-order valence-corrected chi connectivity index (χ1v) is 10.9. The largest absolute Gasteiger partial charge is 0.573 e. The Morgan fingerprint density at radius 2 is 1.74 bits per heavy atom. The first-order valence-electron chi connectivity index (χ1n) is 9.41. The zero-order valence-electron chi connectivity index (χ0n) is 16.4. The van der Waals surface area contributed by atoms with Crippen LogP contribution in [-0.4, -0.2) is 38.1 Å². The van der Waals surface area contributed by atoms with Gasteiger partial charge in [0.15, 0.2) is 0 Å². The van der Waals surface area contributed by atoms with E-state index in [-0.39, 0.29) is 24.7 Å². The lowest BCUT2D eigenvalue weighted by Crippen LogP contribution is -2.46. The molecule has 6 nitrogen and oxygen atoms in total. The lowest BCUT2D eigenvalue weighted by molar-refractivity contribution is -0.274. The summed E-state index contributed by atoms with van der Waals surface area (Å²) in [6, 6.07) is 14.0. The van der Waals surface area contributed by atoms with Crippen molar-refractivity contribution in [2.75, 3.05) is 18.4 Å². The summed E-state index contributed by atoms with van der Waals surface area (Å²) in [5, 5.41) is 3.50. The number of anilines is 1. The minimum Gasteiger partial charge on any atom is -0.406 e. The van der Waals surface area contributed by atoms with Crippen molar-refractivity contribution in [3.05, 3.63) is 72.1 Å². The number of hydrogen-bond acceptors (Lipinski definition) is 4. The van der Waals surface area contributed by atoms with E-state index in [0.29, 0.717) is 6.42 Å². The van der Waals surface area contributed by atoms with Crippen molar-refractivity contribution in [2.24, 2.45) is 5.92 Å². The monoisotopic (exact) mass is 454 g/mol. The molecule has 0 saturated carbocycles. The minimum atomic E-state index is -4.81. The fourth-order valence-corrected chi connectivity index (χ4v) is 4.50. The van der Waals surface area contributed by atoms with Crippen LogP contribution < -0.4 is 10.1 Å². The van der Waals surface area contributed by atoms with Crippen LogP contribution in [-0.2, 0) is 14.8 Å². The Morgan fingerprint density at radius 3 is 2.32 bits per heavy atom. The van der Waals surface area contributed by atoms with Gasteiger partial charge in [0.1, 0.15) is 5.75 Å². The number of hydrogen-bond donors (Lipinski definition) is 1. The molecule has 166 valence electrons. The maximum Gasteiger partial charge on any atom is 0.573 e. The first-order chi connectivity index (χ1) is 14.6. The average molecular weight is 454 g/mol. The van der Waals surface area contributed by atoms with Gasteiger partial charge in [-0.25, -0.2) is 8.42 Å². The molecule has 2 atom stereocenters. The van der Waals surface area contributed by atoms with Crippen molar-refractivity contribution in [1.29, 1.82) is 0 Å². The molecule has 1 fully saturated rings. The minimum absolute atomic E-state index is 0.0151. The second kappa shape index (κ2) is 9.11. The molecule has 31 heavy (non-hydrogen) atoms. The predicted octanol–water partition coefficient (Wildman–Crippen LogP) is 4.10. The van der Waals surface area contributed by atoms with Crippen LogP contribution in [0.5, 0.6) is 5.75 Å². The Hall–Kier alpha value is -2.85. The quantitative estimate of drug-likeness (QED) is 0.713. The molecule has 0 radical (unpaired) electrons. The van der Waals surface area contributed by atoms with Crippen molar-refractivity contribution in [3.63, 3.8) is 0 Å². The third kappa shape index (κ3) is 6.08. The second-order valence-electron chi connectivity index (χ2n) is 7.13. The summed E-state index contributed by atoms with van der Waals surface area (Å²) >= 11 is 0. The van der Waals surface area contributed by atoms with Crippen LogP contribution in [0.15, 0.2) is 66.6 Å². The number of amides is 1. The average Bonchev–Trinajstić information content (AvgIpc) is 2.74. The van der Waals surface area contributed by atoms with E-state index >= 15 is 0 Å². The van der Waals surface area contributed by atoms with E-state index in [1.807, 2.05) is 30.3 Å². The molecule has 1 amide bonds. The normalized spacial score (nSPS) is 20.1. The first kappa shape index (κ1) is 22.8. The number of rotatable bonds is 6. The van der Waals surface area contributed by atoms with Gasteiger partial charge in [0.2, 0.25) is 15.9 Å². The van der Waals surface area contributed by atoms with E-state index in [1.54, 1.807) is 0 Å².